The molecule has 0 aromatic carbocycles. The number of hydrogen-bond donors (Lipinski definition) is 1. The predicted molar refractivity (Wildman–Crippen MR) is 89.7 cm³/mol. The molecule has 176 valence electrons. The number of carbonyl (C=O) groups excluding carboxylic acids is 2. The van der Waals surface area contributed by atoms with Gasteiger partial charge in [0.2, 0.25) is 0 Å². The van der Waals surface area contributed by atoms with E-state index >= 15 is 0 Å². The number of alkyl halides is 5. The molecule has 1 aliphatic carbocycles. The molecule has 0 aliphatic heterocycles. The molecule has 0 bridgehead atoms. The molecular weight excluding hydrogens is 447 g/mol. The summed E-state index contributed by atoms with van der Waals surface area (Å²) in [5.41, 5.74) is -1.58. The van der Waals surface area contributed by atoms with Crippen LogP contribution in [0, 0.1) is 5.92 Å². The van der Waals surface area contributed by atoms with Crippen molar-refractivity contribution in [2.45, 2.75) is 75.7 Å². The lowest BCUT2D eigenvalue weighted by Gasteiger charge is -2.36. The van der Waals surface area contributed by atoms with Crippen LogP contribution in [0.15, 0.2) is 0 Å². The first kappa shape index (κ1) is 26.5. The first-order chi connectivity index (χ1) is 13.3. The quantitative estimate of drug-likeness (QED) is 0.261. The van der Waals surface area contributed by atoms with Gasteiger partial charge in [-0.3, -0.25) is 9.35 Å². The second-order valence-corrected chi connectivity index (χ2v) is 9.32. The van der Waals surface area contributed by atoms with Gasteiger partial charge in [-0.1, -0.05) is 19.3 Å². The lowest BCUT2D eigenvalue weighted by molar-refractivity contribution is -0.364. The molecule has 0 saturated heterocycles. The van der Waals surface area contributed by atoms with Crippen LogP contribution in [0.25, 0.3) is 0 Å². The van der Waals surface area contributed by atoms with Crippen LogP contribution in [-0.2, 0) is 33.9 Å². The molecule has 1 atom stereocenters. The second-order valence-electron chi connectivity index (χ2n) is 7.77. The fourth-order valence-corrected chi connectivity index (χ4v) is 2.76. The molecule has 0 spiro atoms. The zero-order chi connectivity index (χ0) is 23.6. The predicted octanol–water partition coefficient (Wildman–Crippen LogP) is 3.21. The molecule has 1 rings (SSSR count). The second kappa shape index (κ2) is 8.91. The van der Waals surface area contributed by atoms with Crippen molar-refractivity contribution in [3.05, 3.63) is 0 Å². The van der Waals surface area contributed by atoms with Crippen molar-refractivity contribution in [3.8, 4) is 0 Å². The lowest BCUT2D eigenvalue weighted by atomic mass is 9.89. The molecule has 1 unspecified atom stereocenters. The van der Waals surface area contributed by atoms with Gasteiger partial charge in [-0.05, 0) is 33.6 Å². The fraction of sp³-hybridized carbons (Fsp3) is 0.875. The van der Waals surface area contributed by atoms with E-state index in [2.05, 4.69) is 14.2 Å². The number of halogens is 5. The summed E-state index contributed by atoms with van der Waals surface area (Å²) >= 11 is 0. The van der Waals surface area contributed by atoms with Crippen LogP contribution in [0.2, 0.25) is 0 Å². The number of ether oxygens (including phenoxy) is 3. The van der Waals surface area contributed by atoms with Crippen molar-refractivity contribution in [2.75, 3.05) is 6.61 Å². The van der Waals surface area contributed by atoms with Gasteiger partial charge >= 0.3 is 39.3 Å². The zero-order valence-electron chi connectivity index (χ0n) is 16.4. The van der Waals surface area contributed by atoms with Gasteiger partial charge in [-0.15, -0.1) is 0 Å². The average molecular weight is 470 g/mol. The van der Waals surface area contributed by atoms with E-state index in [0.717, 1.165) is 27.2 Å². The number of rotatable bonds is 7. The highest BCUT2D eigenvalue weighted by molar-refractivity contribution is 7.86. The molecule has 0 aromatic heterocycles. The van der Waals surface area contributed by atoms with Crippen LogP contribution in [0.4, 0.5) is 22.0 Å². The molecule has 0 aromatic rings. The van der Waals surface area contributed by atoms with Gasteiger partial charge in [0.1, 0.15) is 12.2 Å². The summed E-state index contributed by atoms with van der Waals surface area (Å²) in [6.45, 7) is 0.827. The Hall–Kier alpha value is -1.54. The van der Waals surface area contributed by atoms with Gasteiger partial charge < -0.3 is 14.2 Å². The Morgan fingerprint density at radius 3 is 1.87 bits per heavy atom. The Labute approximate surface area is 169 Å². The summed E-state index contributed by atoms with van der Waals surface area (Å²) in [5, 5.41) is -5.23. The third-order valence-electron chi connectivity index (χ3n) is 4.04. The lowest BCUT2D eigenvalue weighted by Crippen LogP contribution is -2.61. The van der Waals surface area contributed by atoms with E-state index in [-0.39, 0.29) is 12.8 Å². The van der Waals surface area contributed by atoms with Crippen LogP contribution >= 0.6 is 0 Å². The third-order valence-corrected chi connectivity index (χ3v) is 4.92. The van der Waals surface area contributed by atoms with E-state index in [1.54, 1.807) is 0 Å². The molecule has 1 aliphatic rings. The molecule has 1 saturated carbocycles. The minimum atomic E-state index is -6.20. The van der Waals surface area contributed by atoms with E-state index in [1.165, 1.54) is 0 Å². The largest absolute Gasteiger partial charge is 0.468 e. The zero-order valence-corrected chi connectivity index (χ0v) is 17.2. The molecule has 30 heavy (non-hydrogen) atoms. The summed E-state index contributed by atoms with van der Waals surface area (Å²) in [7, 11) is -6.20. The van der Waals surface area contributed by atoms with Crippen molar-refractivity contribution in [1.29, 1.82) is 0 Å². The Morgan fingerprint density at radius 2 is 1.47 bits per heavy atom. The minimum Gasteiger partial charge on any atom is -0.455 e. The first-order valence-electron chi connectivity index (χ1n) is 8.84. The Kier molecular flexibility index (Phi) is 7.87. The molecule has 8 nitrogen and oxygen atoms in total. The summed E-state index contributed by atoms with van der Waals surface area (Å²) in [5.74, 6) is -9.62. The Balaban J connectivity index is 3.37. The molecular formula is C16H23F5O8S. The minimum absolute atomic E-state index is 0.141. The highest BCUT2D eigenvalue weighted by atomic mass is 32.2. The first-order valence-corrected chi connectivity index (χ1v) is 10.3. The molecule has 14 heteroatoms. The van der Waals surface area contributed by atoms with E-state index < -0.39 is 57.4 Å². The van der Waals surface area contributed by atoms with Gasteiger partial charge in [0, 0.05) is 0 Å². The highest BCUT2D eigenvalue weighted by Gasteiger charge is 2.69. The maximum atomic E-state index is 13.8. The number of esters is 2. The van der Waals surface area contributed by atoms with Crippen molar-refractivity contribution < 1.29 is 58.7 Å². The average Bonchev–Trinajstić information content (AvgIpc) is 2.55. The highest BCUT2D eigenvalue weighted by Crippen LogP contribution is 2.40. The summed E-state index contributed by atoms with van der Waals surface area (Å²) in [6, 6.07) is 0. The number of carbonyl (C=O) groups is 2. The Bertz CT molecular complexity index is 738. The van der Waals surface area contributed by atoms with E-state index in [4.69, 9.17) is 4.55 Å². The van der Waals surface area contributed by atoms with Gasteiger partial charge in [0.05, 0.1) is 5.92 Å². The molecule has 0 amide bonds. The molecule has 1 N–H and O–H groups in total. The van der Waals surface area contributed by atoms with Crippen molar-refractivity contribution in [3.63, 3.8) is 0 Å². The monoisotopic (exact) mass is 470 g/mol. The van der Waals surface area contributed by atoms with E-state index in [1.807, 2.05) is 0 Å². The maximum Gasteiger partial charge on any atom is 0.468 e. The van der Waals surface area contributed by atoms with Gasteiger partial charge in [-0.2, -0.15) is 30.4 Å². The van der Waals surface area contributed by atoms with Gasteiger partial charge in [-0.25, -0.2) is 4.79 Å². The maximum absolute atomic E-state index is 13.8. The fourth-order valence-electron chi connectivity index (χ4n) is 2.55. The standard InChI is InChI=1S/C16H23F5O8S/c1-13(2,3)29-12(23)15(16(19,20)21,27-9-14(17,18)30(24,25)26)28-11(22)10-7-5-4-6-8-10/h10H,4-9H2,1-3H3,(H,24,25,26). The van der Waals surface area contributed by atoms with Crippen molar-refractivity contribution >= 4 is 22.1 Å². The van der Waals surface area contributed by atoms with Crippen LogP contribution in [0.1, 0.15) is 52.9 Å². The number of hydrogen-bond acceptors (Lipinski definition) is 7. The smallest absolute Gasteiger partial charge is 0.455 e. The molecule has 0 heterocycles. The summed E-state index contributed by atoms with van der Waals surface area (Å²) in [4.78, 5) is 24.6. The Morgan fingerprint density at radius 1 is 0.967 bits per heavy atom. The third kappa shape index (κ3) is 6.48. The topological polar surface area (TPSA) is 116 Å². The normalized spacial score (nSPS) is 19.1. The summed E-state index contributed by atoms with van der Waals surface area (Å²) in [6.07, 6.45) is -3.93. The van der Waals surface area contributed by atoms with Crippen molar-refractivity contribution in [1.82, 2.24) is 0 Å². The van der Waals surface area contributed by atoms with E-state index in [9.17, 15) is 40.0 Å². The SMILES string of the molecule is CC(C)(C)OC(=O)C(OCC(F)(F)S(=O)(=O)O)(OC(=O)C1CCCCC1)C(F)(F)F. The van der Waals surface area contributed by atoms with Crippen LogP contribution < -0.4 is 0 Å². The van der Waals surface area contributed by atoms with Crippen LogP contribution in [0.3, 0.4) is 0 Å². The summed E-state index contributed by atoms with van der Waals surface area (Å²) < 4.78 is 111. The van der Waals surface area contributed by atoms with Gasteiger partial charge in [0.25, 0.3) is 0 Å². The van der Waals surface area contributed by atoms with Crippen LogP contribution in [-0.4, -0.2) is 54.3 Å². The van der Waals surface area contributed by atoms with E-state index in [0.29, 0.717) is 12.8 Å². The molecule has 1 fully saturated rings. The van der Waals surface area contributed by atoms with Crippen molar-refractivity contribution in [2.24, 2.45) is 5.92 Å². The van der Waals surface area contributed by atoms with Crippen LogP contribution in [0.5, 0.6) is 0 Å². The molecule has 0 radical (unpaired) electrons. The van der Waals surface area contributed by atoms with Gasteiger partial charge in [0.15, 0.2) is 0 Å².